The van der Waals surface area contributed by atoms with Crippen LogP contribution in [0.4, 0.5) is 5.69 Å². The van der Waals surface area contributed by atoms with E-state index in [1.807, 2.05) is 48.9 Å². The van der Waals surface area contributed by atoms with Crippen molar-refractivity contribution in [1.29, 1.82) is 0 Å². The van der Waals surface area contributed by atoms with Crippen LogP contribution in [0.2, 0.25) is 0 Å². The number of hydrogen-bond acceptors (Lipinski definition) is 5. The van der Waals surface area contributed by atoms with Gasteiger partial charge < -0.3 is 10.6 Å². The van der Waals surface area contributed by atoms with Crippen LogP contribution in [-0.4, -0.2) is 47.5 Å². The maximum atomic E-state index is 12.7. The van der Waals surface area contributed by atoms with E-state index in [0.717, 1.165) is 35.5 Å². The van der Waals surface area contributed by atoms with Crippen LogP contribution in [0.5, 0.6) is 0 Å². The van der Waals surface area contributed by atoms with E-state index in [0.29, 0.717) is 25.3 Å². The summed E-state index contributed by atoms with van der Waals surface area (Å²) in [7, 11) is -3.47. The molecule has 3 aromatic rings. The quantitative estimate of drug-likeness (QED) is 0.514. The first-order valence-electron chi connectivity index (χ1n) is 11.5. The zero-order valence-electron chi connectivity index (χ0n) is 19.8. The van der Waals surface area contributed by atoms with Gasteiger partial charge in [0.05, 0.1) is 22.3 Å². The molecule has 0 spiro atoms. The Hall–Kier alpha value is -3.01. The molecule has 1 fully saturated rings. The van der Waals surface area contributed by atoms with Crippen molar-refractivity contribution in [1.82, 2.24) is 19.4 Å². The van der Waals surface area contributed by atoms with E-state index in [1.54, 1.807) is 31.2 Å². The molecule has 8 nitrogen and oxygen atoms in total. The number of aryl methyl sites for hydroxylation is 1. The highest BCUT2D eigenvalue weighted by Crippen LogP contribution is 2.22. The molecule has 0 bridgehead atoms. The molecule has 0 saturated carbocycles. The lowest BCUT2D eigenvalue weighted by Gasteiger charge is -2.17. The second kappa shape index (κ2) is 10.1. The fourth-order valence-corrected chi connectivity index (χ4v) is 5.65. The molecule has 2 heterocycles. The summed E-state index contributed by atoms with van der Waals surface area (Å²) < 4.78 is 28.8. The van der Waals surface area contributed by atoms with Gasteiger partial charge in [0.2, 0.25) is 15.9 Å². The number of nitrogens with zero attached hydrogens (tertiary/aromatic N) is 3. The van der Waals surface area contributed by atoms with Gasteiger partial charge in [0.1, 0.15) is 0 Å². The van der Waals surface area contributed by atoms with Crippen LogP contribution < -0.4 is 10.6 Å². The molecule has 1 saturated heterocycles. The summed E-state index contributed by atoms with van der Waals surface area (Å²) in [6.07, 6.45) is 1.79. The summed E-state index contributed by atoms with van der Waals surface area (Å²) in [5, 5.41) is 10.8. The number of carbonyl (C=O) groups excluding carboxylic acids is 1. The maximum Gasteiger partial charge on any atom is 0.243 e. The molecule has 0 aliphatic carbocycles. The summed E-state index contributed by atoms with van der Waals surface area (Å²) in [5.41, 5.74) is 4.55. The SMILES string of the molecule is Cc1nn(-c2ccccc2)c(C)c1CNC(C)C(=O)Nc1ccc(S(=O)(=O)N2CCCC2)cc1. The zero-order chi connectivity index (χ0) is 24.3. The number of anilines is 1. The van der Waals surface area contributed by atoms with Crippen molar-refractivity contribution in [2.24, 2.45) is 0 Å². The van der Waals surface area contributed by atoms with Crippen LogP contribution in [0.15, 0.2) is 59.5 Å². The summed E-state index contributed by atoms with van der Waals surface area (Å²) >= 11 is 0. The fourth-order valence-electron chi connectivity index (χ4n) is 4.14. The van der Waals surface area contributed by atoms with Crippen molar-refractivity contribution < 1.29 is 13.2 Å². The minimum Gasteiger partial charge on any atom is -0.325 e. The first-order valence-corrected chi connectivity index (χ1v) is 13.0. The summed E-state index contributed by atoms with van der Waals surface area (Å²) in [5.74, 6) is -0.194. The molecule has 1 aromatic heterocycles. The third-order valence-electron chi connectivity index (χ3n) is 6.24. The van der Waals surface area contributed by atoms with E-state index in [-0.39, 0.29) is 10.8 Å². The second-order valence-corrected chi connectivity index (χ2v) is 10.6. The van der Waals surface area contributed by atoms with Gasteiger partial charge in [-0.25, -0.2) is 13.1 Å². The average Bonchev–Trinajstić information content (AvgIpc) is 3.48. The summed E-state index contributed by atoms with van der Waals surface area (Å²) in [6, 6.07) is 15.8. The average molecular weight is 482 g/mol. The largest absolute Gasteiger partial charge is 0.325 e. The molecule has 2 aromatic carbocycles. The molecule has 0 radical (unpaired) electrons. The van der Waals surface area contributed by atoms with Gasteiger partial charge in [0.25, 0.3) is 0 Å². The number of hydrogen-bond donors (Lipinski definition) is 2. The molecule has 1 aliphatic heterocycles. The molecule has 1 aliphatic rings. The maximum absolute atomic E-state index is 12.7. The number of rotatable bonds is 8. The van der Waals surface area contributed by atoms with Crippen molar-refractivity contribution in [2.45, 2.75) is 51.1 Å². The first-order chi connectivity index (χ1) is 16.3. The third kappa shape index (κ3) is 5.06. The Labute approximate surface area is 201 Å². The first kappa shape index (κ1) is 24.1. The molecular weight excluding hydrogens is 450 g/mol. The van der Waals surface area contributed by atoms with Crippen molar-refractivity contribution in [3.63, 3.8) is 0 Å². The standard InChI is InChI=1S/C25H31N5O3S/c1-18-24(20(3)30(28-18)22-9-5-4-6-10-22)17-26-19(2)25(31)27-21-11-13-23(14-12-21)34(32,33)29-15-7-8-16-29/h4-6,9-14,19,26H,7-8,15-17H2,1-3H3,(H,27,31). The van der Waals surface area contributed by atoms with Gasteiger partial charge in [-0.1, -0.05) is 18.2 Å². The highest BCUT2D eigenvalue weighted by atomic mass is 32.2. The third-order valence-corrected chi connectivity index (χ3v) is 8.16. The highest BCUT2D eigenvalue weighted by molar-refractivity contribution is 7.89. The molecule has 1 unspecified atom stereocenters. The number of aromatic nitrogens is 2. The monoisotopic (exact) mass is 481 g/mol. The van der Waals surface area contributed by atoms with Gasteiger partial charge in [-0.2, -0.15) is 9.40 Å². The predicted octanol–water partition coefficient (Wildman–Crippen LogP) is 3.39. The predicted molar refractivity (Wildman–Crippen MR) is 132 cm³/mol. The van der Waals surface area contributed by atoms with Crippen LogP contribution in [0.25, 0.3) is 5.69 Å². The van der Waals surface area contributed by atoms with Crippen LogP contribution in [0.3, 0.4) is 0 Å². The lowest BCUT2D eigenvalue weighted by atomic mass is 10.1. The number of para-hydroxylation sites is 1. The van der Waals surface area contributed by atoms with Crippen molar-refractivity contribution in [3.05, 3.63) is 71.5 Å². The van der Waals surface area contributed by atoms with Gasteiger partial charge in [-0.3, -0.25) is 4.79 Å². The molecule has 34 heavy (non-hydrogen) atoms. The smallest absolute Gasteiger partial charge is 0.243 e. The number of sulfonamides is 1. The van der Waals surface area contributed by atoms with Gasteiger partial charge >= 0.3 is 0 Å². The summed E-state index contributed by atoms with van der Waals surface area (Å²) in [4.78, 5) is 13.0. The van der Waals surface area contributed by atoms with Crippen molar-refractivity contribution in [2.75, 3.05) is 18.4 Å². The van der Waals surface area contributed by atoms with Crippen LogP contribution in [0, 0.1) is 13.8 Å². The Kier molecular flexibility index (Phi) is 7.16. The number of benzene rings is 2. The van der Waals surface area contributed by atoms with Gasteiger partial charge in [0, 0.05) is 36.6 Å². The van der Waals surface area contributed by atoms with E-state index in [2.05, 4.69) is 15.7 Å². The molecule has 1 atom stereocenters. The number of nitrogens with one attached hydrogen (secondary N) is 2. The van der Waals surface area contributed by atoms with E-state index in [9.17, 15) is 13.2 Å². The van der Waals surface area contributed by atoms with Crippen LogP contribution in [0.1, 0.15) is 36.7 Å². The Morgan fingerprint density at radius 2 is 1.68 bits per heavy atom. The Balaban J connectivity index is 1.36. The van der Waals surface area contributed by atoms with E-state index < -0.39 is 16.1 Å². The molecule has 1 amide bonds. The second-order valence-electron chi connectivity index (χ2n) is 8.62. The minimum absolute atomic E-state index is 0.194. The van der Waals surface area contributed by atoms with Crippen molar-refractivity contribution in [3.8, 4) is 5.69 Å². The van der Waals surface area contributed by atoms with Crippen molar-refractivity contribution >= 4 is 21.6 Å². The lowest BCUT2D eigenvalue weighted by Crippen LogP contribution is -2.37. The summed E-state index contributed by atoms with van der Waals surface area (Å²) in [6.45, 7) is 7.42. The highest BCUT2D eigenvalue weighted by Gasteiger charge is 2.27. The Morgan fingerprint density at radius 3 is 2.32 bits per heavy atom. The molecule has 2 N–H and O–H groups in total. The molecule has 180 valence electrons. The van der Waals surface area contributed by atoms with Crippen LogP contribution in [-0.2, 0) is 21.4 Å². The number of amides is 1. The van der Waals surface area contributed by atoms with E-state index >= 15 is 0 Å². The molecule has 4 rings (SSSR count). The minimum atomic E-state index is -3.47. The molecular formula is C25H31N5O3S. The zero-order valence-corrected chi connectivity index (χ0v) is 20.6. The van der Waals surface area contributed by atoms with E-state index in [4.69, 9.17) is 0 Å². The van der Waals surface area contributed by atoms with E-state index in [1.165, 1.54) is 4.31 Å². The number of carbonyl (C=O) groups is 1. The Bertz CT molecular complexity index is 1250. The van der Waals surface area contributed by atoms with Gasteiger partial charge in [-0.15, -0.1) is 0 Å². The molecule has 9 heteroatoms. The topological polar surface area (TPSA) is 96.3 Å². The van der Waals surface area contributed by atoms with Gasteiger partial charge in [0.15, 0.2) is 0 Å². The van der Waals surface area contributed by atoms with Crippen LogP contribution >= 0.6 is 0 Å². The lowest BCUT2D eigenvalue weighted by molar-refractivity contribution is -0.117. The normalized spacial score (nSPS) is 15.4. The Morgan fingerprint density at radius 1 is 1.03 bits per heavy atom. The fraction of sp³-hybridized carbons (Fsp3) is 0.360. The van der Waals surface area contributed by atoms with Gasteiger partial charge in [-0.05, 0) is 70.0 Å².